The molecule has 0 saturated heterocycles. The Morgan fingerprint density at radius 3 is 2.76 bits per heavy atom. The number of nitrogens with one attached hydrogen (secondary N) is 1. The molecule has 0 saturated carbocycles. The van der Waals surface area contributed by atoms with E-state index in [2.05, 4.69) is 5.32 Å². The van der Waals surface area contributed by atoms with Gasteiger partial charge in [0, 0.05) is 18.5 Å². The Labute approximate surface area is 128 Å². The van der Waals surface area contributed by atoms with Crippen molar-refractivity contribution in [3.05, 3.63) is 33.9 Å². The summed E-state index contributed by atoms with van der Waals surface area (Å²) < 4.78 is 5.28. The highest BCUT2D eigenvalue weighted by Gasteiger charge is 2.22. The summed E-state index contributed by atoms with van der Waals surface area (Å²) in [6.45, 7) is 2.47. The van der Waals surface area contributed by atoms with Crippen LogP contribution in [-0.2, 0) is 0 Å². The van der Waals surface area contributed by atoms with Crippen molar-refractivity contribution in [3.8, 4) is 5.75 Å². The molecule has 1 N–H and O–H groups in total. The standard InChI is InChI=1S/C14H19ClN2O4/c1-2-21-13-11(7-6-8-12(13)17(19)20)14(18)16-10-5-3-4-9-15/h6-8H,2-5,9-10H2,1H3,(H,16,18). The molecule has 0 aliphatic rings. The maximum atomic E-state index is 12.1. The minimum Gasteiger partial charge on any atom is -0.487 e. The third-order valence-electron chi connectivity index (χ3n) is 2.82. The van der Waals surface area contributed by atoms with Gasteiger partial charge in [-0.1, -0.05) is 12.5 Å². The average molecular weight is 315 g/mol. The van der Waals surface area contributed by atoms with Gasteiger partial charge >= 0.3 is 5.69 Å². The molecule has 0 radical (unpaired) electrons. The summed E-state index contributed by atoms with van der Waals surface area (Å²) in [7, 11) is 0. The molecule has 0 bridgehead atoms. The predicted octanol–water partition coefficient (Wildman–Crippen LogP) is 3.13. The van der Waals surface area contributed by atoms with Gasteiger partial charge in [0.25, 0.3) is 5.91 Å². The molecule has 1 aromatic carbocycles. The Bertz CT molecular complexity index is 494. The van der Waals surface area contributed by atoms with E-state index in [0.29, 0.717) is 12.4 Å². The van der Waals surface area contributed by atoms with Gasteiger partial charge in [0.15, 0.2) is 0 Å². The average Bonchev–Trinajstić information content (AvgIpc) is 2.47. The second-order valence-electron chi connectivity index (χ2n) is 4.35. The predicted molar refractivity (Wildman–Crippen MR) is 81.2 cm³/mol. The Morgan fingerprint density at radius 1 is 1.38 bits per heavy atom. The number of carbonyl (C=O) groups excluding carboxylic acids is 1. The van der Waals surface area contributed by atoms with Gasteiger partial charge in [-0.15, -0.1) is 11.6 Å². The molecular weight excluding hydrogens is 296 g/mol. The Hall–Kier alpha value is -1.82. The molecule has 1 aromatic rings. The van der Waals surface area contributed by atoms with E-state index >= 15 is 0 Å². The van der Waals surface area contributed by atoms with Crippen LogP contribution in [0.1, 0.15) is 36.5 Å². The Kier molecular flexibility index (Phi) is 7.53. The fourth-order valence-corrected chi connectivity index (χ4v) is 2.03. The van der Waals surface area contributed by atoms with Crippen molar-refractivity contribution in [2.45, 2.75) is 26.2 Å². The van der Waals surface area contributed by atoms with E-state index in [1.807, 2.05) is 0 Å². The number of rotatable bonds is 9. The number of para-hydroxylation sites is 1. The number of hydrogen-bond donors (Lipinski definition) is 1. The highest BCUT2D eigenvalue weighted by molar-refractivity contribution is 6.17. The first-order chi connectivity index (χ1) is 10.1. The summed E-state index contributed by atoms with van der Waals surface area (Å²) >= 11 is 5.57. The van der Waals surface area contributed by atoms with Gasteiger partial charge in [0.05, 0.1) is 17.1 Å². The third kappa shape index (κ3) is 5.23. The van der Waals surface area contributed by atoms with Gasteiger partial charge in [-0.3, -0.25) is 14.9 Å². The molecule has 1 rings (SSSR count). The first kappa shape index (κ1) is 17.2. The van der Waals surface area contributed by atoms with Crippen molar-refractivity contribution in [1.29, 1.82) is 0 Å². The lowest BCUT2D eigenvalue weighted by atomic mass is 10.1. The zero-order chi connectivity index (χ0) is 15.7. The van der Waals surface area contributed by atoms with Crippen LogP contribution in [0.2, 0.25) is 0 Å². The van der Waals surface area contributed by atoms with Crippen LogP contribution in [0, 0.1) is 10.1 Å². The minimum atomic E-state index is -0.553. The highest BCUT2D eigenvalue weighted by Crippen LogP contribution is 2.30. The summed E-state index contributed by atoms with van der Waals surface area (Å²) in [6, 6.07) is 4.32. The molecule has 116 valence electrons. The fraction of sp³-hybridized carbons (Fsp3) is 0.500. The minimum absolute atomic E-state index is 0.0169. The van der Waals surface area contributed by atoms with Crippen LogP contribution in [0.4, 0.5) is 5.69 Å². The summed E-state index contributed by atoms with van der Waals surface area (Å²) in [5.74, 6) is 0.254. The SMILES string of the molecule is CCOc1c(C(=O)NCCCCCCl)cccc1[N+](=O)[O-]. The molecule has 0 heterocycles. The van der Waals surface area contributed by atoms with Gasteiger partial charge in [-0.05, 0) is 25.8 Å². The lowest BCUT2D eigenvalue weighted by molar-refractivity contribution is -0.385. The van der Waals surface area contributed by atoms with Crippen molar-refractivity contribution in [1.82, 2.24) is 5.32 Å². The van der Waals surface area contributed by atoms with E-state index in [1.54, 1.807) is 6.92 Å². The lowest BCUT2D eigenvalue weighted by Crippen LogP contribution is -2.25. The van der Waals surface area contributed by atoms with Gasteiger partial charge in [-0.2, -0.15) is 0 Å². The monoisotopic (exact) mass is 314 g/mol. The van der Waals surface area contributed by atoms with E-state index in [0.717, 1.165) is 19.3 Å². The number of nitrogens with zero attached hydrogens (tertiary/aromatic N) is 1. The second kappa shape index (κ2) is 9.18. The van der Waals surface area contributed by atoms with Crippen LogP contribution >= 0.6 is 11.6 Å². The van der Waals surface area contributed by atoms with Gasteiger partial charge < -0.3 is 10.1 Å². The first-order valence-electron chi connectivity index (χ1n) is 6.86. The maximum Gasteiger partial charge on any atom is 0.311 e. The number of benzene rings is 1. The molecule has 0 aliphatic heterocycles. The van der Waals surface area contributed by atoms with Crippen molar-refractivity contribution in [2.75, 3.05) is 19.0 Å². The van der Waals surface area contributed by atoms with Crippen molar-refractivity contribution >= 4 is 23.2 Å². The number of nitro groups is 1. The fourth-order valence-electron chi connectivity index (χ4n) is 1.84. The zero-order valence-corrected chi connectivity index (χ0v) is 12.7. The summed E-state index contributed by atoms with van der Waals surface area (Å²) in [4.78, 5) is 22.5. The molecule has 0 atom stereocenters. The van der Waals surface area contributed by atoms with Crippen LogP contribution < -0.4 is 10.1 Å². The van der Waals surface area contributed by atoms with Crippen molar-refractivity contribution in [2.24, 2.45) is 0 Å². The number of alkyl halides is 1. The van der Waals surface area contributed by atoms with Gasteiger partial charge in [0.1, 0.15) is 0 Å². The second-order valence-corrected chi connectivity index (χ2v) is 4.73. The van der Waals surface area contributed by atoms with Crippen LogP contribution in [0.5, 0.6) is 5.75 Å². The number of halogens is 1. The van der Waals surface area contributed by atoms with Crippen LogP contribution in [0.25, 0.3) is 0 Å². The number of nitro benzene ring substituents is 1. The normalized spacial score (nSPS) is 10.2. The van der Waals surface area contributed by atoms with E-state index in [4.69, 9.17) is 16.3 Å². The van der Waals surface area contributed by atoms with Crippen molar-refractivity contribution in [3.63, 3.8) is 0 Å². The number of unbranched alkanes of at least 4 members (excludes halogenated alkanes) is 2. The van der Waals surface area contributed by atoms with Gasteiger partial charge in [0.2, 0.25) is 5.75 Å². The molecule has 7 heteroatoms. The van der Waals surface area contributed by atoms with Crippen LogP contribution in [0.15, 0.2) is 18.2 Å². The summed E-state index contributed by atoms with van der Waals surface area (Å²) in [5.41, 5.74) is -0.0185. The number of ether oxygens (including phenoxy) is 1. The highest BCUT2D eigenvalue weighted by atomic mass is 35.5. The summed E-state index contributed by atoms with van der Waals surface area (Å²) in [5, 5.41) is 13.7. The largest absolute Gasteiger partial charge is 0.487 e. The van der Waals surface area contributed by atoms with Crippen LogP contribution in [0.3, 0.4) is 0 Å². The zero-order valence-electron chi connectivity index (χ0n) is 11.9. The van der Waals surface area contributed by atoms with E-state index in [9.17, 15) is 14.9 Å². The van der Waals surface area contributed by atoms with Crippen molar-refractivity contribution < 1.29 is 14.5 Å². The molecule has 21 heavy (non-hydrogen) atoms. The van der Waals surface area contributed by atoms with E-state index < -0.39 is 4.92 Å². The first-order valence-corrected chi connectivity index (χ1v) is 7.39. The van der Waals surface area contributed by atoms with E-state index in [-0.39, 0.29) is 29.5 Å². The number of hydrogen-bond acceptors (Lipinski definition) is 4. The molecule has 0 fully saturated rings. The number of carbonyl (C=O) groups is 1. The quantitative estimate of drug-likeness (QED) is 0.328. The van der Waals surface area contributed by atoms with Gasteiger partial charge in [-0.25, -0.2) is 0 Å². The molecular formula is C14H19ClN2O4. The van der Waals surface area contributed by atoms with Crippen LogP contribution in [-0.4, -0.2) is 29.9 Å². The summed E-state index contributed by atoms with van der Waals surface area (Å²) in [6.07, 6.45) is 2.65. The molecule has 6 nitrogen and oxygen atoms in total. The molecule has 0 aliphatic carbocycles. The molecule has 0 unspecified atom stereocenters. The Morgan fingerprint density at radius 2 is 2.14 bits per heavy atom. The topological polar surface area (TPSA) is 81.5 Å². The number of amides is 1. The molecule has 0 aromatic heterocycles. The Balaban J connectivity index is 2.78. The maximum absolute atomic E-state index is 12.1. The smallest absolute Gasteiger partial charge is 0.311 e. The molecule has 0 spiro atoms. The lowest BCUT2D eigenvalue weighted by Gasteiger charge is -2.10. The third-order valence-corrected chi connectivity index (χ3v) is 3.09. The molecule has 1 amide bonds. The van der Waals surface area contributed by atoms with E-state index in [1.165, 1.54) is 18.2 Å².